The van der Waals surface area contributed by atoms with Gasteiger partial charge in [0.15, 0.2) is 5.76 Å². The standard InChI is InChI=1S/C26H29NO5/c1-4-31-26(30)19-9-11-27(12-10-19)15-20-21(28)13-17(3)23-24(29)22(32-25(20)23)14-18-7-5-16(2)6-8-18/h5-8,13-14,19,28H,4,9-12,15H2,1-3H3/b22-14+. The number of piperidine rings is 1. The highest BCUT2D eigenvalue weighted by molar-refractivity contribution is 6.15. The van der Waals surface area contributed by atoms with E-state index in [-0.39, 0.29) is 29.2 Å². The van der Waals surface area contributed by atoms with Crippen LogP contribution in [-0.4, -0.2) is 41.5 Å². The molecule has 6 heteroatoms. The van der Waals surface area contributed by atoms with Crippen molar-refractivity contribution >= 4 is 17.8 Å². The zero-order chi connectivity index (χ0) is 22.8. The van der Waals surface area contributed by atoms with Crippen LogP contribution in [0, 0.1) is 19.8 Å². The number of benzene rings is 2. The highest BCUT2D eigenvalue weighted by atomic mass is 16.5. The first-order valence-electron chi connectivity index (χ1n) is 11.1. The van der Waals surface area contributed by atoms with Crippen LogP contribution in [0.4, 0.5) is 0 Å². The van der Waals surface area contributed by atoms with E-state index < -0.39 is 0 Å². The molecule has 1 N–H and O–H groups in total. The Balaban J connectivity index is 1.55. The highest BCUT2D eigenvalue weighted by Gasteiger charge is 2.34. The van der Waals surface area contributed by atoms with Crippen LogP contribution >= 0.6 is 0 Å². The van der Waals surface area contributed by atoms with E-state index in [1.54, 1.807) is 12.1 Å². The van der Waals surface area contributed by atoms with E-state index in [4.69, 9.17) is 9.47 Å². The van der Waals surface area contributed by atoms with Crippen LogP contribution in [0.1, 0.15) is 52.4 Å². The van der Waals surface area contributed by atoms with Crippen LogP contribution in [0.3, 0.4) is 0 Å². The fraction of sp³-hybridized carbons (Fsp3) is 0.385. The van der Waals surface area contributed by atoms with Gasteiger partial charge < -0.3 is 14.6 Å². The second-order valence-corrected chi connectivity index (χ2v) is 8.55. The highest BCUT2D eigenvalue weighted by Crippen LogP contribution is 2.42. The first kappa shape index (κ1) is 22.1. The Labute approximate surface area is 188 Å². The van der Waals surface area contributed by atoms with E-state index >= 15 is 0 Å². The van der Waals surface area contributed by atoms with Crippen molar-refractivity contribution in [3.05, 3.63) is 63.9 Å². The minimum Gasteiger partial charge on any atom is -0.507 e. The molecule has 32 heavy (non-hydrogen) atoms. The molecule has 2 aromatic carbocycles. The normalized spacial score (nSPS) is 18.0. The van der Waals surface area contributed by atoms with Gasteiger partial charge in [-0.1, -0.05) is 29.8 Å². The minimum absolute atomic E-state index is 0.0783. The molecular weight excluding hydrogens is 406 g/mol. The van der Waals surface area contributed by atoms with E-state index in [1.165, 1.54) is 0 Å². The summed E-state index contributed by atoms with van der Waals surface area (Å²) in [5.74, 6) is 0.452. The Morgan fingerprint density at radius 1 is 1.22 bits per heavy atom. The number of fused-ring (bicyclic) bond motifs is 1. The molecule has 2 aliphatic heterocycles. The van der Waals surface area contributed by atoms with Crippen LogP contribution in [0.2, 0.25) is 0 Å². The van der Waals surface area contributed by atoms with Gasteiger partial charge in [0, 0.05) is 6.54 Å². The summed E-state index contributed by atoms with van der Waals surface area (Å²) in [6, 6.07) is 9.50. The molecule has 1 saturated heterocycles. The summed E-state index contributed by atoms with van der Waals surface area (Å²) >= 11 is 0. The number of carbonyl (C=O) groups is 2. The van der Waals surface area contributed by atoms with Crippen molar-refractivity contribution in [2.45, 2.75) is 40.2 Å². The third kappa shape index (κ3) is 4.41. The Morgan fingerprint density at radius 3 is 2.56 bits per heavy atom. The molecule has 6 nitrogen and oxygen atoms in total. The smallest absolute Gasteiger partial charge is 0.309 e. The van der Waals surface area contributed by atoms with E-state index in [1.807, 2.05) is 45.0 Å². The predicted molar refractivity (Wildman–Crippen MR) is 122 cm³/mol. The molecule has 0 atom stereocenters. The number of Topliss-reactive ketones (excluding diaryl/α,β-unsaturated/α-hetero) is 1. The van der Waals surface area contributed by atoms with Crippen molar-refractivity contribution < 1.29 is 24.2 Å². The number of esters is 1. The molecule has 0 unspecified atom stereocenters. The van der Waals surface area contributed by atoms with Crippen molar-refractivity contribution in [2.24, 2.45) is 5.92 Å². The fourth-order valence-corrected chi connectivity index (χ4v) is 4.36. The number of hydrogen-bond acceptors (Lipinski definition) is 6. The maximum atomic E-state index is 13.1. The third-order valence-corrected chi connectivity index (χ3v) is 6.19. The lowest BCUT2D eigenvalue weighted by Crippen LogP contribution is -2.36. The second-order valence-electron chi connectivity index (χ2n) is 8.55. The summed E-state index contributed by atoms with van der Waals surface area (Å²) in [6.07, 6.45) is 3.17. The number of aromatic hydroxyl groups is 1. The molecule has 168 valence electrons. The number of rotatable bonds is 5. The van der Waals surface area contributed by atoms with Crippen LogP contribution in [-0.2, 0) is 16.1 Å². The van der Waals surface area contributed by atoms with Gasteiger partial charge in [0.2, 0.25) is 5.78 Å². The van der Waals surface area contributed by atoms with Gasteiger partial charge in [-0.15, -0.1) is 0 Å². The molecule has 0 aliphatic carbocycles. The van der Waals surface area contributed by atoms with E-state index in [0.717, 1.165) is 11.1 Å². The minimum atomic E-state index is -0.166. The van der Waals surface area contributed by atoms with Gasteiger partial charge in [0.05, 0.1) is 23.7 Å². The van der Waals surface area contributed by atoms with E-state index in [0.29, 0.717) is 61.5 Å². The fourth-order valence-electron chi connectivity index (χ4n) is 4.36. The molecule has 2 aliphatic rings. The number of ether oxygens (including phenoxy) is 2. The lowest BCUT2D eigenvalue weighted by molar-refractivity contribution is -0.149. The molecule has 0 aromatic heterocycles. The lowest BCUT2D eigenvalue weighted by atomic mass is 9.95. The number of aryl methyl sites for hydroxylation is 2. The zero-order valence-electron chi connectivity index (χ0n) is 18.8. The van der Waals surface area contributed by atoms with Gasteiger partial charge in [-0.05, 0) is 70.0 Å². The Kier molecular flexibility index (Phi) is 6.33. The predicted octanol–water partition coefficient (Wildman–Crippen LogP) is 4.40. The Hall–Kier alpha value is -3.12. The number of nitrogens with zero attached hydrogens (tertiary/aromatic N) is 1. The third-order valence-electron chi connectivity index (χ3n) is 6.19. The first-order chi connectivity index (χ1) is 15.4. The van der Waals surface area contributed by atoms with Gasteiger partial charge in [0.25, 0.3) is 0 Å². The molecule has 0 bridgehead atoms. The molecule has 4 rings (SSSR count). The number of hydrogen-bond donors (Lipinski definition) is 1. The number of allylic oxidation sites excluding steroid dienone is 1. The summed E-state index contributed by atoms with van der Waals surface area (Å²) in [6.45, 7) is 7.91. The van der Waals surface area contributed by atoms with Gasteiger partial charge in [0.1, 0.15) is 11.5 Å². The van der Waals surface area contributed by atoms with Crippen LogP contribution in [0.25, 0.3) is 6.08 Å². The van der Waals surface area contributed by atoms with Gasteiger partial charge in [-0.3, -0.25) is 14.5 Å². The SMILES string of the molecule is CCOC(=O)C1CCN(Cc2c(O)cc(C)c3c2O/C(=C/c2ccc(C)cc2)C3=O)CC1. The summed E-state index contributed by atoms with van der Waals surface area (Å²) < 4.78 is 11.2. The number of phenolic OH excluding ortho intramolecular Hbond substituents is 1. The van der Waals surface area contributed by atoms with Crippen molar-refractivity contribution in [1.29, 1.82) is 0 Å². The average Bonchev–Trinajstić information content (AvgIpc) is 3.09. The molecule has 2 heterocycles. The summed E-state index contributed by atoms with van der Waals surface area (Å²) in [5, 5.41) is 10.7. The monoisotopic (exact) mass is 435 g/mol. The molecule has 0 amide bonds. The van der Waals surface area contributed by atoms with E-state index in [2.05, 4.69) is 4.90 Å². The van der Waals surface area contributed by atoms with Crippen LogP contribution in [0.5, 0.6) is 11.5 Å². The number of phenols is 1. The molecular formula is C26H29NO5. The van der Waals surface area contributed by atoms with Crippen LogP contribution in [0.15, 0.2) is 36.1 Å². The van der Waals surface area contributed by atoms with Gasteiger partial charge in [-0.25, -0.2) is 0 Å². The second kappa shape index (κ2) is 9.17. The largest absolute Gasteiger partial charge is 0.507 e. The van der Waals surface area contributed by atoms with Crippen molar-refractivity contribution in [3.63, 3.8) is 0 Å². The number of ketones is 1. The topological polar surface area (TPSA) is 76.1 Å². The summed E-state index contributed by atoms with van der Waals surface area (Å²) in [7, 11) is 0. The zero-order valence-corrected chi connectivity index (χ0v) is 18.8. The first-order valence-corrected chi connectivity index (χ1v) is 11.1. The number of carbonyl (C=O) groups excluding carboxylic acids is 2. The molecule has 0 radical (unpaired) electrons. The Bertz CT molecular complexity index is 1060. The average molecular weight is 436 g/mol. The van der Waals surface area contributed by atoms with Crippen molar-refractivity contribution in [3.8, 4) is 11.5 Å². The Morgan fingerprint density at radius 2 is 1.91 bits per heavy atom. The van der Waals surface area contributed by atoms with Crippen molar-refractivity contribution in [2.75, 3.05) is 19.7 Å². The summed E-state index contributed by atoms with van der Waals surface area (Å²) in [5.41, 5.74) is 3.85. The molecule has 1 fully saturated rings. The maximum absolute atomic E-state index is 13.1. The van der Waals surface area contributed by atoms with E-state index in [9.17, 15) is 14.7 Å². The summed E-state index contributed by atoms with van der Waals surface area (Å²) in [4.78, 5) is 27.3. The molecule has 0 saturated carbocycles. The van der Waals surface area contributed by atoms with Crippen molar-refractivity contribution in [1.82, 2.24) is 4.90 Å². The lowest BCUT2D eigenvalue weighted by Gasteiger charge is -2.31. The van der Waals surface area contributed by atoms with Crippen LogP contribution < -0.4 is 4.74 Å². The number of likely N-dealkylation sites (tertiary alicyclic amines) is 1. The molecule has 0 spiro atoms. The maximum Gasteiger partial charge on any atom is 0.309 e. The molecule has 2 aromatic rings. The quantitative estimate of drug-likeness (QED) is 0.554. The van der Waals surface area contributed by atoms with Gasteiger partial charge >= 0.3 is 5.97 Å². The van der Waals surface area contributed by atoms with Gasteiger partial charge in [-0.2, -0.15) is 0 Å².